The van der Waals surface area contributed by atoms with Crippen molar-refractivity contribution in [1.82, 2.24) is 5.32 Å². The van der Waals surface area contributed by atoms with E-state index in [9.17, 15) is 4.79 Å². The van der Waals surface area contributed by atoms with Crippen LogP contribution in [0.15, 0.2) is 4.99 Å². The third kappa shape index (κ3) is 1.80. The Bertz CT molecular complexity index is 316. The van der Waals surface area contributed by atoms with E-state index in [1.54, 1.807) is 11.8 Å². The van der Waals surface area contributed by atoms with E-state index < -0.39 is 0 Å². The molecule has 2 fully saturated rings. The fourth-order valence-corrected chi connectivity index (χ4v) is 3.91. The zero-order valence-electron chi connectivity index (χ0n) is 8.74. The van der Waals surface area contributed by atoms with Gasteiger partial charge in [0.2, 0.25) is 5.91 Å². The molecule has 15 heavy (non-hydrogen) atoms. The number of aliphatic imine (C=N–C) groups is 1. The first-order chi connectivity index (χ1) is 7.33. The van der Waals surface area contributed by atoms with Gasteiger partial charge < -0.3 is 5.32 Å². The molecule has 0 unspecified atom stereocenters. The molecule has 0 aromatic carbocycles. The highest BCUT2D eigenvalue weighted by atomic mass is 32.2. The Kier molecular flexibility index (Phi) is 2.47. The number of carbonyl (C=O) groups excluding carboxylic acids is 1. The monoisotopic (exact) mass is 224 g/mol. The second kappa shape index (κ2) is 3.81. The van der Waals surface area contributed by atoms with Crippen LogP contribution in [0.3, 0.4) is 0 Å². The average Bonchev–Trinajstić information content (AvgIpc) is 2.93. The Balaban J connectivity index is 1.60. The van der Waals surface area contributed by atoms with Gasteiger partial charge >= 0.3 is 0 Å². The highest BCUT2D eigenvalue weighted by Gasteiger charge is 2.43. The predicted molar refractivity (Wildman–Crippen MR) is 61.8 cm³/mol. The molecule has 1 N–H and O–H groups in total. The van der Waals surface area contributed by atoms with Gasteiger partial charge in [0, 0.05) is 11.7 Å². The lowest BCUT2D eigenvalue weighted by atomic mass is 9.88. The van der Waals surface area contributed by atoms with E-state index >= 15 is 0 Å². The fraction of sp³-hybridized carbons (Fsp3) is 0.818. The van der Waals surface area contributed by atoms with Crippen LogP contribution in [0.5, 0.6) is 0 Å². The van der Waals surface area contributed by atoms with Crippen LogP contribution in [0.1, 0.15) is 25.7 Å². The molecule has 0 aromatic heterocycles. The Labute approximate surface area is 94.1 Å². The molecule has 0 saturated heterocycles. The average molecular weight is 224 g/mol. The van der Waals surface area contributed by atoms with Gasteiger partial charge in [0.1, 0.15) is 0 Å². The molecule has 82 valence electrons. The van der Waals surface area contributed by atoms with Crippen molar-refractivity contribution >= 4 is 22.8 Å². The van der Waals surface area contributed by atoms with E-state index in [1.807, 2.05) is 0 Å². The van der Waals surface area contributed by atoms with Crippen LogP contribution in [0.4, 0.5) is 0 Å². The number of carbonyl (C=O) groups is 1. The van der Waals surface area contributed by atoms with E-state index in [1.165, 1.54) is 19.3 Å². The Morgan fingerprint density at radius 2 is 2.33 bits per heavy atom. The molecule has 1 amide bonds. The molecular weight excluding hydrogens is 208 g/mol. The van der Waals surface area contributed by atoms with Gasteiger partial charge in [-0.15, -0.1) is 0 Å². The van der Waals surface area contributed by atoms with Gasteiger partial charge in [0.25, 0.3) is 0 Å². The molecule has 0 radical (unpaired) electrons. The molecule has 2 bridgehead atoms. The zero-order chi connectivity index (χ0) is 10.3. The standard InChI is InChI=1S/C11H16N2OS/c14-10(13-11-12-3-4-15-11)9-6-7-1-2-8(9)5-7/h7-9H,1-6H2,(H,12,13,14)/t7-,8-,9-/m1/s1. The van der Waals surface area contributed by atoms with E-state index in [0.717, 1.165) is 29.8 Å². The smallest absolute Gasteiger partial charge is 0.229 e. The van der Waals surface area contributed by atoms with Crippen LogP contribution in [0.25, 0.3) is 0 Å². The zero-order valence-corrected chi connectivity index (χ0v) is 9.55. The number of rotatable bonds is 1. The lowest BCUT2D eigenvalue weighted by molar-refractivity contribution is -0.124. The molecule has 3 rings (SSSR count). The Morgan fingerprint density at radius 1 is 1.40 bits per heavy atom. The second-order valence-corrected chi connectivity index (χ2v) is 5.89. The topological polar surface area (TPSA) is 41.5 Å². The number of hydrogen-bond acceptors (Lipinski definition) is 3. The molecule has 1 heterocycles. The summed E-state index contributed by atoms with van der Waals surface area (Å²) in [5.74, 6) is 3.04. The Hall–Kier alpha value is -0.510. The van der Waals surface area contributed by atoms with E-state index in [2.05, 4.69) is 10.3 Å². The third-order valence-electron chi connectivity index (χ3n) is 3.89. The third-order valence-corrected chi connectivity index (χ3v) is 4.78. The number of fused-ring (bicyclic) bond motifs is 2. The largest absolute Gasteiger partial charge is 0.305 e. The van der Waals surface area contributed by atoms with Crippen molar-refractivity contribution in [2.75, 3.05) is 12.3 Å². The second-order valence-electron chi connectivity index (χ2n) is 4.81. The number of amidine groups is 1. The minimum absolute atomic E-state index is 0.232. The number of nitrogens with zero attached hydrogens (tertiary/aromatic N) is 1. The first-order valence-electron chi connectivity index (χ1n) is 5.81. The van der Waals surface area contributed by atoms with E-state index in [4.69, 9.17) is 0 Å². The summed E-state index contributed by atoms with van der Waals surface area (Å²) in [4.78, 5) is 16.2. The fourth-order valence-electron chi connectivity index (χ4n) is 3.17. The number of amides is 1. The lowest BCUT2D eigenvalue weighted by Crippen LogP contribution is -2.36. The van der Waals surface area contributed by atoms with Crippen LogP contribution in [0, 0.1) is 17.8 Å². The maximum Gasteiger partial charge on any atom is 0.229 e. The molecule has 3 atom stereocenters. The quantitative estimate of drug-likeness (QED) is 0.735. The molecular formula is C11H16N2OS. The molecule has 3 nitrogen and oxygen atoms in total. The lowest BCUT2D eigenvalue weighted by Gasteiger charge is -2.20. The summed E-state index contributed by atoms with van der Waals surface area (Å²) in [7, 11) is 0. The predicted octanol–water partition coefficient (Wildman–Crippen LogP) is 1.64. The first kappa shape index (κ1) is 9.70. The van der Waals surface area contributed by atoms with Crippen LogP contribution in [-0.2, 0) is 4.79 Å². The van der Waals surface area contributed by atoms with Crippen molar-refractivity contribution in [3.63, 3.8) is 0 Å². The molecule has 2 aliphatic carbocycles. The normalized spacial score (nSPS) is 38.1. The summed E-state index contributed by atoms with van der Waals surface area (Å²) >= 11 is 1.67. The van der Waals surface area contributed by atoms with Crippen molar-refractivity contribution in [1.29, 1.82) is 0 Å². The van der Waals surface area contributed by atoms with Gasteiger partial charge in [0.05, 0.1) is 6.54 Å². The van der Waals surface area contributed by atoms with Gasteiger partial charge in [-0.1, -0.05) is 18.2 Å². The van der Waals surface area contributed by atoms with Gasteiger partial charge in [-0.2, -0.15) is 0 Å². The van der Waals surface area contributed by atoms with Crippen molar-refractivity contribution in [2.24, 2.45) is 22.7 Å². The number of nitrogens with one attached hydrogen (secondary N) is 1. The van der Waals surface area contributed by atoms with Crippen LogP contribution < -0.4 is 5.32 Å². The number of hydrogen-bond donors (Lipinski definition) is 1. The highest BCUT2D eigenvalue weighted by molar-refractivity contribution is 8.14. The summed E-state index contributed by atoms with van der Waals surface area (Å²) in [5, 5.41) is 3.83. The van der Waals surface area contributed by atoms with Gasteiger partial charge in [-0.25, -0.2) is 0 Å². The number of thioether (sulfide) groups is 1. The molecule has 3 aliphatic rings. The van der Waals surface area contributed by atoms with Crippen molar-refractivity contribution in [3.05, 3.63) is 0 Å². The van der Waals surface area contributed by atoms with Crippen LogP contribution in [-0.4, -0.2) is 23.4 Å². The summed E-state index contributed by atoms with van der Waals surface area (Å²) in [5.41, 5.74) is 0. The molecule has 1 aliphatic heterocycles. The van der Waals surface area contributed by atoms with Crippen LogP contribution in [0.2, 0.25) is 0 Å². The van der Waals surface area contributed by atoms with Gasteiger partial charge in [-0.3, -0.25) is 9.79 Å². The summed E-state index contributed by atoms with van der Waals surface area (Å²) in [6, 6.07) is 0. The van der Waals surface area contributed by atoms with Gasteiger partial charge in [-0.05, 0) is 31.1 Å². The van der Waals surface area contributed by atoms with Crippen molar-refractivity contribution in [2.45, 2.75) is 25.7 Å². The summed E-state index contributed by atoms with van der Waals surface area (Å²) in [6.07, 6.45) is 5.03. The molecule has 0 aromatic rings. The van der Waals surface area contributed by atoms with Crippen molar-refractivity contribution in [3.8, 4) is 0 Å². The van der Waals surface area contributed by atoms with E-state index in [0.29, 0.717) is 5.92 Å². The molecule has 2 saturated carbocycles. The molecule has 4 heteroatoms. The van der Waals surface area contributed by atoms with E-state index in [-0.39, 0.29) is 11.8 Å². The van der Waals surface area contributed by atoms with Crippen molar-refractivity contribution < 1.29 is 4.79 Å². The van der Waals surface area contributed by atoms with Crippen LogP contribution >= 0.6 is 11.8 Å². The maximum absolute atomic E-state index is 12.0. The van der Waals surface area contributed by atoms with Gasteiger partial charge in [0.15, 0.2) is 5.17 Å². The minimum atomic E-state index is 0.232. The summed E-state index contributed by atoms with van der Waals surface area (Å²) in [6.45, 7) is 0.858. The summed E-state index contributed by atoms with van der Waals surface area (Å²) < 4.78 is 0. The SMILES string of the molecule is O=C(NC1=NCCS1)[C@@H]1C[C@@H]2CC[C@@H]1C2. The first-order valence-corrected chi connectivity index (χ1v) is 6.79. The minimum Gasteiger partial charge on any atom is -0.305 e. The Morgan fingerprint density at radius 3 is 2.93 bits per heavy atom. The highest BCUT2D eigenvalue weighted by Crippen LogP contribution is 2.48. The molecule has 0 spiro atoms. The maximum atomic E-state index is 12.0.